The van der Waals surface area contributed by atoms with Crippen molar-refractivity contribution in [3.8, 4) is 5.75 Å². The fraction of sp³-hybridized carbons (Fsp3) is 0.619. The zero-order valence-corrected chi connectivity index (χ0v) is 18.5. The Balaban J connectivity index is 1.65. The molecule has 0 bridgehead atoms. The first-order valence-corrected chi connectivity index (χ1v) is 12.3. The van der Waals surface area contributed by atoms with Crippen LogP contribution in [0.4, 0.5) is 0 Å². The Kier molecular flexibility index (Phi) is 7.36. The van der Waals surface area contributed by atoms with E-state index in [4.69, 9.17) is 4.74 Å². The smallest absolute Gasteiger partial charge is 0.227 e. The lowest BCUT2D eigenvalue weighted by molar-refractivity contribution is -0.134. The molecule has 1 aromatic rings. The molecule has 2 amide bonds. The molecule has 2 heterocycles. The fourth-order valence-corrected chi connectivity index (χ4v) is 4.95. The summed E-state index contributed by atoms with van der Waals surface area (Å²) in [5.41, 5.74) is 0.864. The molecule has 166 valence electrons. The molecule has 2 atom stereocenters. The van der Waals surface area contributed by atoms with Gasteiger partial charge in [-0.3, -0.25) is 9.59 Å². The maximum Gasteiger partial charge on any atom is 0.227 e. The number of carbonyl (C=O) groups excluding carboxylic acids is 2. The van der Waals surface area contributed by atoms with E-state index in [0.29, 0.717) is 25.4 Å². The van der Waals surface area contributed by atoms with Gasteiger partial charge in [0.1, 0.15) is 5.75 Å². The molecule has 0 saturated carbocycles. The van der Waals surface area contributed by atoms with Crippen LogP contribution in [0.15, 0.2) is 24.3 Å². The van der Waals surface area contributed by atoms with Crippen molar-refractivity contribution in [2.24, 2.45) is 5.92 Å². The van der Waals surface area contributed by atoms with Gasteiger partial charge in [0.25, 0.3) is 0 Å². The first-order chi connectivity index (χ1) is 14.3. The van der Waals surface area contributed by atoms with Crippen LogP contribution < -0.4 is 9.46 Å². The number of likely N-dealkylation sites (tertiary alicyclic amines) is 2. The molecule has 1 N–H and O–H groups in total. The van der Waals surface area contributed by atoms with Crippen LogP contribution in [-0.4, -0.2) is 75.6 Å². The fourth-order valence-electron chi connectivity index (χ4n) is 4.47. The van der Waals surface area contributed by atoms with Gasteiger partial charge in [-0.05, 0) is 24.8 Å². The minimum atomic E-state index is -3.31. The van der Waals surface area contributed by atoms with Crippen LogP contribution in [0.25, 0.3) is 0 Å². The normalized spacial score (nSPS) is 21.8. The van der Waals surface area contributed by atoms with Gasteiger partial charge in [-0.25, -0.2) is 13.1 Å². The Morgan fingerprint density at radius 3 is 2.67 bits per heavy atom. The molecular weight excluding hydrogens is 406 g/mol. The lowest BCUT2D eigenvalue weighted by Crippen LogP contribution is -2.45. The standard InChI is InChI=1S/C21H31N3O5S/c1-29-19-9-4-3-7-16(19)13-21(26)24-12-6-5-8-17-14-23(15-18(17)24)20(25)10-11-22-30(2,27)28/h3-4,7,9,17-18,22H,5-6,8,10-15H2,1-2H3/t17-,18+/m0/s1. The number of carbonyl (C=O) groups is 2. The van der Waals surface area contributed by atoms with Gasteiger partial charge in [-0.15, -0.1) is 0 Å². The number of benzene rings is 1. The Labute approximate surface area is 178 Å². The number of rotatable bonds is 7. The molecule has 9 heteroatoms. The second-order valence-electron chi connectivity index (χ2n) is 8.11. The summed E-state index contributed by atoms with van der Waals surface area (Å²) in [5.74, 6) is 0.959. The molecule has 1 aromatic carbocycles. The lowest BCUT2D eigenvalue weighted by atomic mass is 9.98. The van der Waals surface area contributed by atoms with Crippen LogP contribution >= 0.6 is 0 Å². The highest BCUT2D eigenvalue weighted by molar-refractivity contribution is 7.88. The summed E-state index contributed by atoms with van der Waals surface area (Å²) in [4.78, 5) is 29.5. The van der Waals surface area contributed by atoms with Crippen molar-refractivity contribution in [2.45, 2.75) is 38.1 Å². The first kappa shape index (κ1) is 22.6. The summed E-state index contributed by atoms with van der Waals surface area (Å²) in [6.07, 6.45) is 4.49. The average Bonchev–Trinajstić information content (AvgIpc) is 3.01. The van der Waals surface area contributed by atoms with Crippen molar-refractivity contribution in [1.82, 2.24) is 14.5 Å². The van der Waals surface area contributed by atoms with Gasteiger partial charge in [-0.2, -0.15) is 0 Å². The van der Waals surface area contributed by atoms with Crippen LogP contribution in [0.1, 0.15) is 31.2 Å². The molecule has 30 heavy (non-hydrogen) atoms. The molecule has 0 aromatic heterocycles. The summed E-state index contributed by atoms with van der Waals surface area (Å²) in [6, 6.07) is 7.56. The van der Waals surface area contributed by atoms with E-state index in [1.165, 1.54) is 0 Å². The third-order valence-corrected chi connectivity index (χ3v) is 6.67. The van der Waals surface area contributed by atoms with E-state index in [-0.39, 0.29) is 43.2 Å². The van der Waals surface area contributed by atoms with Gasteiger partial charge in [0.2, 0.25) is 21.8 Å². The van der Waals surface area contributed by atoms with E-state index >= 15 is 0 Å². The third-order valence-electron chi connectivity index (χ3n) is 5.94. The van der Waals surface area contributed by atoms with Crippen LogP contribution in [0.3, 0.4) is 0 Å². The molecule has 2 aliphatic heterocycles. The maximum absolute atomic E-state index is 13.2. The zero-order chi connectivity index (χ0) is 21.7. The molecule has 3 rings (SSSR count). The van der Waals surface area contributed by atoms with Gasteiger partial charge in [0, 0.05) is 38.2 Å². The summed E-state index contributed by atoms with van der Waals surface area (Å²) in [5, 5.41) is 0. The number of hydrogen-bond donors (Lipinski definition) is 1. The number of nitrogens with zero attached hydrogens (tertiary/aromatic N) is 2. The topological polar surface area (TPSA) is 96.0 Å². The van der Waals surface area contributed by atoms with Crippen molar-refractivity contribution < 1.29 is 22.7 Å². The second-order valence-corrected chi connectivity index (χ2v) is 9.95. The second kappa shape index (κ2) is 9.78. The van der Waals surface area contributed by atoms with E-state index in [0.717, 1.165) is 31.1 Å². The van der Waals surface area contributed by atoms with Crippen molar-refractivity contribution in [3.05, 3.63) is 29.8 Å². The number of amides is 2. The number of nitrogens with one attached hydrogen (secondary N) is 1. The van der Waals surface area contributed by atoms with Crippen LogP contribution in [-0.2, 0) is 26.0 Å². The van der Waals surface area contributed by atoms with Crippen LogP contribution in [0, 0.1) is 5.92 Å². The van der Waals surface area contributed by atoms with Gasteiger partial charge >= 0.3 is 0 Å². The Morgan fingerprint density at radius 2 is 1.93 bits per heavy atom. The highest BCUT2D eigenvalue weighted by Crippen LogP contribution is 2.31. The Morgan fingerprint density at radius 1 is 1.17 bits per heavy atom. The van der Waals surface area contributed by atoms with E-state index in [2.05, 4.69) is 4.72 Å². The van der Waals surface area contributed by atoms with Crippen LogP contribution in [0.5, 0.6) is 5.75 Å². The number of sulfonamides is 1. The number of hydrogen-bond acceptors (Lipinski definition) is 5. The highest BCUT2D eigenvalue weighted by Gasteiger charge is 2.41. The SMILES string of the molecule is COc1ccccc1CC(=O)N1CCCC[C@H]2CN(C(=O)CCNS(C)(=O)=O)C[C@H]21. The monoisotopic (exact) mass is 437 g/mol. The van der Waals surface area contributed by atoms with E-state index in [1.807, 2.05) is 29.2 Å². The molecule has 0 unspecified atom stereocenters. The number of methoxy groups -OCH3 is 1. The third kappa shape index (κ3) is 5.72. The Bertz CT molecular complexity index is 873. The maximum atomic E-state index is 13.2. The minimum absolute atomic E-state index is 0.0153. The predicted molar refractivity (Wildman–Crippen MR) is 114 cm³/mol. The molecule has 0 radical (unpaired) electrons. The average molecular weight is 438 g/mol. The van der Waals surface area contributed by atoms with Gasteiger partial charge < -0.3 is 14.5 Å². The molecular formula is C21H31N3O5S. The van der Waals surface area contributed by atoms with Crippen molar-refractivity contribution in [1.29, 1.82) is 0 Å². The Hall–Kier alpha value is -2.13. The zero-order valence-electron chi connectivity index (χ0n) is 17.7. The molecule has 8 nitrogen and oxygen atoms in total. The van der Waals surface area contributed by atoms with E-state index in [1.54, 1.807) is 12.0 Å². The molecule has 2 aliphatic rings. The highest BCUT2D eigenvalue weighted by atomic mass is 32.2. The van der Waals surface area contributed by atoms with Gasteiger partial charge in [0.05, 0.1) is 25.8 Å². The summed E-state index contributed by atoms with van der Waals surface area (Å²) < 4.78 is 30.1. The van der Waals surface area contributed by atoms with Gasteiger partial charge in [-0.1, -0.05) is 24.6 Å². The first-order valence-electron chi connectivity index (χ1n) is 10.4. The summed E-state index contributed by atoms with van der Waals surface area (Å²) in [7, 11) is -1.71. The predicted octanol–water partition coefficient (Wildman–Crippen LogP) is 1.02. The minimum Gasteiger partial charge on any atom is -0.496 e. The largest absolute Gasteiger partial charge is 0.496 e. The van der Waals surface area contributed by atoms with Crippen molar-refractivity contribution in [3.63, 3.8) is 0 Å². The van der Waals surface area contributed by atoms with Crippen LogP contribution in [0.2, 0.25) is 0 Å². The molecule has 0 aliphatic carbocycles. The molecule has 0 spiro atoms. The summed E-state index contributed by atoms with van der Waals surface area (Å²) >= 11 is 0. The van der Waals surface area contributed by atoms with E-state index < -0.39 is 10.0 Å². The van der Waals surface area contributed by atoms with Gasteiger partial charge in [0.15, 0.2) is 0 Å². The lowest BCUT2D eigenvalue weighted by Gasteiger charge is -2.30. The number of fused-ring (bicyclic) bond motifs is 1. The molecule has 2 saturated heterocycles. The quantitative estimate of drug-likeness (QED) is 0.687. The van der Waals surface area contributed by atoms with Crippen molar-refractivity contribution >= 4 is 21.8 Å². The number of ether oxygens (including phenoxy) is 1. The molecule has 2 fully saturated rings. The summed E-state index contributed by atoms with van der Waals surface area (Å²) in [6.45, 7) is 1.94. The number of para-hydroxylation sites is 1. The van der Waals surface area contributed by atoms with Crippen molar-refractivity contribution in [2.75, 3.05) is 39.5 Å². The van der Waals surface area contributed by atoms with E-state index in [9.17, 15) is 18.0 Å².